The summed E-state index contributed by atoms with van der Waals surface area (Å²) >= 11 is 0. The first kappa shape index (κ1) is 21.4. The third kappa shape index (κ3) is 4.35. The Labute approximate surface area is 170 Å². The number of hydrogen-bond acceptors (Lipinski definition) is 6. The summed E-state index contributed by atoms with van der Waals surface area (Å²) in [6.45, 7) is 7.90. The van der Waals surface area contributed by atoms with Crippen LogP contribution in [-0.2, 0) is 20.7 Å². The van der Waals surface area contributed by atoms with Gasteiger partial charge < -0.3 is 24.6 Å². The van der Waals surface area contributed by atoms with E-state index in [-0.39, 0.29) is 36.6 Å². The SMILES string of the molecule is CCOCC(=O)N1CC2CN(C(=O)CCc3c(C)nc(=O)[nH]c3C)CC2(CO)C1. The van der Waals surface area contributed by atoms with Gasteiger partial charge in [-0.2, -0.15) is 4.98 Å². The minimum atomic E-state index is -0.455. The molecule has 2 aliphatic rings. The molecule has 0 saturated carbocycles. The summed E-state index contributed by atoms with van der Waals surface area (Å²) in [5.41, 5.74) is 1.44. The topological polar surface area (TPSA) is 116 Å². The Morgan fingerprint density at radius 3 is 2.45 bits per heavy atom. The fraction of sp³-hybridized carbons (Fsp3) is 0.700. The number of hydrogen-bond donors (Lipinski definition) is 2. The molecule has 2 fully saturated rings. The molecule has 0 bridgehead atoms. The van der Waals surface area contributed by atoms with Gasteiger partial charge in [-0.3, -0.25) is 9.59 Å². The van der Waals surface area contributed by atoms with Crippen molar-refractivity contribution < 1.29 is 19.4 Å². The van der Waals surface area contributed by atoms with E-state index in [0.717, 1.165) is 11.3 Å². The van der Waals surface area contributed by atoms with Crippen LogP contribution < -0.4 is 5.69 Å². The number of nitrogens with one attached hydrogen (secondary N) is 1. The van der Waals surface area contributed by atoms with Crippen LogP contribution in [0, 0.1) is 25.2 Å². The largest absolute Gasteiger partial charge is 0.396 e. The molecule has 1 aromatic heterocycles. The second-order valence-corrected chi connectivity index (χ2v) is 8.13. The Hall–Kier alpha value is -2.26. The van der Waals surface area contributed by atoms with E-state index in [1.54, 1.807) is 16.7 Å². The lowest BCUT2D eigenvalue weighted by Crippen LogP contribution is -2.41. The number of rotatable bonds is 7. The fourth-order valence-corrected chi connectivity index (χ4v) is 4.58. The molecule has 0 spiro atoms. The first-order valence-electron chi connectivity index (χ1n) is 10.1. The number of ether oxygens (including phenoxy) is 1. The van der Waals surface area contributed by atoms with Crippen molar-refractivity contribution in [2.75, 3.05) is 46.0 Å². The van der Waals surface area contributed by atoms with Crippen molar-refractivity contribution in [3.63, 3.8) is 0 Å². The number of aromatic nitrogens is 2. The van der Waals surface area contributed by atoms with Crippen molar-refractivity contribution in [2.45, 2.75) is 33.6 Å². The van der Waals surface area contributed by atoms with E-state index in [4.69, 9.17) is 4.74 Å². The number of likely N-dealkylation sites (tertiary alicyclic amines) is 2. The third-order valence-electron chi connectivity index (χ3n) is 6.25. The van der Waals surface area contributed by atoms with E-state index < -0.39 is 5.41 Å². The van der Waals surface area contributed by atoms with Crippen LogP contribution >= 0.6 is 0 Å². The smallest absolute Gasteiger partial charge is 0.345 e. The molecule has 3 rings (SSSR count). The van der Waals surface area contributed by atoms with Crippen molar-refractivity contribution in [1.82, 2.24) is 19.8 Å². The number of carbonyl (C=O) groups is 2. The molecular formula is C20H30N4O5. The Morgan fingerprint density at radius 1 is 1.24 bits per heavy atom. The van der Waals surface area contributed by atoms with E-state index in [0.29, 0.717) is 51.3 Å². The van der Waals surface area contributed by atoms with Gasteiger partial charge in [0, 0.05) is 61.9 Å². The molecule has 2 aliphatic heterocycles. The van der Waals surface area contributed by atoms with Gasteiger partial charge in [0.2, 0.25) is 11.8 Å². The lowest BCUT2D eigenvalue weighted by Gasteiger charge is -2.27. The molecule has 2 N–H and O–H groups in total. The van der Waals surface area contributed by atoms with Gasteiger partial charge in [-0.05, 0) is 32.8 Å². The molecular weight excluding hydrogens is 376 g/mol. The van der Waals surface area contributed by atoms with E-state index in [2.05, 4.69) is 9.97 Å². The summed E-state index contributed by atoms with van der Waals surface area (Å²) in [7, 11) is 0. The number of aryl methyl sites for hydroxylation is 2. The molecule has 29 heavy (non-hydrogen) atoms. The molecule has 3 heterocycles. The predicted octanol–water partition coefficient (Wildman–Crippen LogP) is -0.365. The molecule has 2 amide bonds. The van der Waals surface area contributed by atoms with E-state index in [1.165, 1.54) is 0 Å². The van der Waals surface area contributed by atoms with Crippen LogP contribution in [-0.4, -0.2) is 82.7 Å². The highest BCUT2D eigenvalue weighted by molar-refractivity contribution is 5.79. The van der Waals surface area contributed by atoms with Gasteiger partial charge in [-0.1, -0.05) is 0 Å². The number of nitrogens with zero attached hydrogens (tertiary/aromatic N) is 3. The van der Waals surface area contributed by atoms with Gasteiger partial charge in [0.05, 0.1) is 6.61 Å². The number of aliphatic hydroxyl groups is 1. The van der Waals surface area contributed by atoms with Crippen molar-refractivity contribution in [1.29, 1.82) is 0 Å². The highest BCUT2D eigenvalue weighted by Crippen LogP contribution is 2.42. The van der Waals surface area contributed by atoms with E-state index in [9.17, 15) is 19.5 Å². The zero-order valence-corrected chi connectivity index (χ0v) is 17.4. The van der Waals surface area contributed by atoms with Crippen LogP contribution in [0.2, 0.25) is 0 Å². The molecule has 0 radical (unpaired) electrons. The molecule has 0 aliphatic carbocycles. The summed E-state index contributed by atoms with van der Waals surface area (Å²) in [5.74, 6) is 0.0214. The Kier molecular flexibility index (Phi) is 6.38. The highest BCUT2D eigenvalue weighted by Gasteiger charge is 2.53. The summed E-state index contributed by atoms with van der Waals surface area (Å²) in [6, 6.07) is 0. The first-order valence-corrected chi connectivity index (χ1v) is 10.1. The van der Waals surface area contributed by atoms with Gasteiger partial charge in [0.25, 0.3) is 0 Å². The van der Waals surface area contributed by atoms with Gasteiger partial charge in [-0.15, -0.1) is 0 Å². The van der Waals surface area contributed by atoms with E-state index in [1.807, 2.05) is 13.8 Å². The molecule has 2 unspecified atom stereocenters. The van der Waals surface area contributed by atoms with Crippen molar-refractivity contribution in [2.24, 2.45) is 11.3 Å². The standard InChI is InChI=1S/C20H30N4O5/c1-4-29-9-18(27)24-8-15-7-23(10-20(15,11-24)12-25)17(26)6-5-16-13(2)21-19(28)22-14(16)3/h15,25H,4-12H2,1-3H3,(H,21,22,28). The van der Waals surface area contributed by atoms with Crippen LogP contribution in [0.25, 0.3) is 0 Å². The number of H-pyrrole nitrogens is 1. The minimum absolute atomic E-state index is 0.0180. The number of aromatic amines is 1. The molecule has 160 valence electrons. The normalized spacial score (nSPS) is 23.5. The zero-order valence-electron chi connectivity index (χ0n) is 17.4. The van der Waals surface area contributed by atoms with Crippen LogP contribution in [0.1, 0.15) is 30.3 Å². The van der Waals surface area contributed by atoms with Crippen LogP contribution in [0.3, 0.4) is 0 Å². The number of fused-ring (bicyclic) bond motifs is 1. The molecule has 2 atom stereocenters. The van der Waals surface area contributed by atoms with Crippen molar-refractivity contribution >= 4 is 11.8 Å². The Bertz CT molecular complexity index is 812. The quantitative estimate of drug-likeness (QED) is 0.639. The van der Waals surface area contributed by atoms with Crippen LogP contribution in [0.15, 0.2) is 4.79 Å². The average Bonchev–Trinajstić information content (AvgIpc) is 3.20. The minimum Gasteiger partial charge on any atom is -0.396 e. The van der Waals surface area contributed by atoms with Crippen molar-refractivity contribution in [3.8, 4) is 0 Å². The maximum absolute atomic E-state index is 12.8. The molecule has 0 aromatic carbocycles. The lowest BCUT2D eigenvalue weighted by molar-refractivity contribution is -0.136. The number of amides is 2. The monoisotopic (exact) mass is 406 g/mol. The second-order valence-electron chi connectivity index (χ2n) is 8.13. The van der Waals surface area contributed by atoms with Crippen molar-refractivity contribution in [3.05, 3.63) is 27.4 Å². The van der Waals surface area contributed by atoms with E-state index >= 15 is 0 Å². The molecule has 2 saturated heterocycles. The van der Waals surface area contributed by atoms with Gasteiger partial charge >= 0.3 is 5.69 Å². The molecule has 9 nitrogen and oxygen atoms in total. The lowest BCUT2D eigenvalue weighted by atomic mass is 9.82. The van der Waals surface area contributed by atoms with Gasteiger partial charge in [0.1, 0.15) is 6.61 Å². The summed E-state index contributed by atoms with van der Waals surface area (Å²) in [4.78, 5) is 46.6. The van der Waals surface area contributed by atoms with Crippen LogP contribution in [0.4, 0.5) is 0 Å². The second kappa shape index (κ2) is 8.62. The Morgan fingerprint density at radius 2 is 1.90 bits per heavy atom. The number of carbonyl (C=O) groups excluding carboxylic acids is 2. The average molecular weight is 406 g/mol. The van der Waals surface area contributed by atoms with Crippen LogP contribution in [0.5, 0.6) is 0 Å². The molecule has 9 heteroatoms. The summed E-state index contributed by atoms with van der Waals surface area (Å²) < 4.78 is 5.21. The van der Waals surface area contributed by atoms with Gasteiger partial charge in [0.15, 0.2) is 0 Å². The van der Waals surface area contributed by atoms with Gasteiger partial charge in [-0.25, -0.2) is 4.79 Å². The number of aliphatic hydroxyl groups excluding tert-OH is 1. The first-order chi connectivity index (χ1) is 13.8. The fourth-order valence-electron chi connectivity index (χ4n) is 4.58. The maximum Gasteiger partial charge on any atom is 0.345 e. The zero-order chi connectivity index (χ0) is 21.2. The maximum atomic E-state index is 12.8. The Balaban J connectivity index is 1.60. The molecule has 1 aromatic rings. The third-order valence-corrected chi connectivity index (χ3v) is 6.25. The predicted molar refractivity (Wildman–Crippen MR) is 105 cm³/mol. The summed E-state index contributed by atoms with van der Waals surface area (Å²) in [5, 5.41) is 10.1. The highest BCUT2D eigenvalue weighted by atomic mass is 16.5. The summed E-state index contributed by atoms with van der Waals surface area (Å²) in [6.07, 6.45) is 0.823.